The zero-order chi connectivity index (χ0) is 14.7. The Hall–Kier alpha value is -1.79. The van der Waals surface area contributed by atoms with Crippen LogP contribution >= 0.6 is 15.9 Å². The molecule has 1 aromatic heterocycles. The summed E-state index contributed by atoms with van der Waals surface area (Å²) in [5.41, 5.74) is 7.97. The van der Waals surface area contributed by atoms with Crippen molar-refractivity contribution in [1.82, 2.24) is 4.98 Å². The Morgan fingerprint density at radius 1 is 1.35 bits per heavy atom. The highest BCUT2D eigenvalue weighted by Gasteiger charge is 2.13. The van der Waals surface area contributed by atoms with Crippen LogP contribution in [0.4, 0.5) is 5.69 Å². The van der Waals surface area contributed by atoms with Crippen molar-refractivity contribution in [3.05, 3.63) is 40.0 Å². The summed E-state index contributed by atoms with van der Waals surface area (Å²) in [6.45, 7) is 1.82. The van der Waals surface area contributed by atoms with E-state index in [0.29, 0.717) is 27.5 Å². The minimum absolute atomic E-state index is 0.0560. The molecule has 106 valence electrons. The van der Waals surface area contributed by atoms with Crippen LogP contribution in [-0.4, -0.2) is 17.2 Å². The van der Waals surface area contributed by atoms with E-state index < -0.39 is 0 Å². The zero-order valence-corrected chi connectivity index (χ0v) is 12.8. The number of aromatic nitrogens is 1. The lowest BCUT2D eigenvalue weighted by atomic mass is 10.2. The van der Waals surface area contributed by atoms with E-state index in [-0.39, 0.29) is 6.61 Å². The maximum atomic E-state index is 9.12. The second kappa shape index (κ2) is 6.11. The van der Waals surface area contributed by atoms with Gasteiger partial charge in [-0.15, -0.1) is 0 Å². The number of anilines is 1. The number of hydrogen-bond donors (Lipinski definition) is 2. The molecule has 0 spiro atoms. The summed E-state index contributed by atoms with van der Waals surface area (Å²) in [6.07, 6.45) is 1.55. The van der Waals surface area contributed by atoms with Crippen molar-refractivity contribution in [2.24, 2.45) is 0 Å². The summed E-state index contributed by atoms with van der Waals surface area (Å²) in [6, 6.07) is 5.20. The molecule has 0 fully saturated rings. The molecule has 0 bridgehead atoms. The van der Waals surface area contributed by atoms with E-state index in [4.69, 9.17) is 20.3 Å². The Morgan fingerprint density at radius 2 is 2.10 bits per heavy atom. The summed E-state index contributed by atoms with van der Waals surface area (Å²) in [5, 5.41) is 9.12. The van der Waals surface area contributed by atoms with E-state index in [9.17, 15) is 0 Å². The number of aliphatic hydroxyl groups excluding tert-OH is 1. The minimum Gasteiger partial charge on any atom is -0.493 e. The number of rotatable bonds is 4. The number of halogens is 1. The molecule has 0 saturated heterocycles. The Labute approximate surface area is 125 Å². The molecule has 6 heteroatoms. The molecule has 2 aromatic rings. The fraction of sp³-hybridized carbons (Fsp3) is 0.214. The number of benzene rings is 1. The van der Waals surface area contributed by atoms with Gasteiger partial charge in [0.1, 0.15) is 0 Å². The van der Waals surface area contributed by atoms with Gasteiger partial charge in [-0.1, -0.05) is 6.07 Å². The molecular weight excluding hydrogens is 324 g/mol. The molecule has 0 unspecified atom stereocenters. The molecule has 1 heterocycles. The molecule has 20 heavy (non-hydrogen) atoms. The third-order valence-corrected chi connectivity index (χ3v) is 3.82. The van der Waals surface area contributed by atoms with Crippen LogP contribution in [-0.2, 0) is 6.61 Å². The normalized spacial score (nSPS) is 10.4. The first-order valence-electron chi connectivity index (χ1n) is 5.93. The number of ether oxygens (including phenoxy) is 2. The highest BCUT2D eigenvalue weighted by Crippen LogP contribution is 2.36. The van der Waals surface area contributed by atoms with Gasteiger partial charge in [0, 0.05) is 0 Å². The lowest BCUT2D eigenvalue weighted by molar-refractivity contribution is 0.280. The van der Waals surface area contributed by atoms with Gasteiger partial charge in [-0.25, -0.2) is 4.98 Å². The molecule has 0 amide bonds. The Kier molecular flexibility index (Phi) is 4.46. The first-order chi connectivity index (χ1) is 9.56. The van der Waals surface area contributed by atoms with E-state index in [1.54, 1.807) is 31.5 Å². The van der Waals surface area contributed by atoms with Crippen LogP contribution in [0.1, 0.15) is 11.1 Å². The van der Waals surface area contributed by atoms with Gasteiger partial charge in [0.25, 0.3) is 0 Å². The summed E-state index contributed by atoms with van der Waals surface area (Å²) >= 11 is 3.41. The SMILES string of the molecule is COc1cc(CO)ccc1Oc1ncc(N)c(C)c1Br. The molecule has 0 atom stereocenters. The van der Waals surface area contributed by atoms with Crippen molar-refractivity contribution >= 4 is 21.6 Å². The third-order valence-electron chi connectivity index (χ3n) is 2.89. The summed E-state index contributed by atoms with van der Waals surface area (Å²) in [7, 11) is 1.54. The first kappa shape index (κ1) is 14.6. The van der Waals surface area contributed by atoms with Gasteiger partial charge in [0.2, 0.25) is 5.88 Å². The molecule has 1 aromatic carbocycles. The van der Waals surface area contributed by atoms with Crippen LogP contribution in [0.3, 0.4) is 0 Å². The number of aliphatic hydroxyl groups is 1. The van der Waals surface area contributed by atoms with Gasteiger partial charge in [-0.3, -0.25) is 0 Å². The first-order valence-corrected chi connectivity index (χ1v) is 6.72. The zero-order valence-electron chi connectivity index (χ0n) is 11.2. The number of methoxy groups -OCH3 is 1. The second-order valence-corrected chi connectivity index (χ2v) is 5.00. The number of nitrogens with two attached hydrogens (primary N) is 1. The Balaban J connectivity index is 2.37. The van der Waals surface area contributed by atoms with Gasteiger partial charge in [-0.05, 0) is 46.1 Å². The molecule has 0 saturated carbocycles. The maximum Gasteiger partial charge on any atom is 0.234 e. The number of nitrogen functional groups attached to an aromatic ring is 1. The van der Waals surface area contributed by atoms with E-state index in [1.165, 1.54) is 0 Å². The second-order valence-electron chi connectivity index (χ2n) is 4.20. The fourth-order valence-electron chi connectivity index (χ4n) is 1.64. The van der Waals surface area contributed by atoms with Gasteiger partial charge in [0.05, 0.1) is 30.1 Å². The van der Waals surface area contributed by atoms with Gasteiger partial charge < -0.3 is 20.3 Å². The van der Waals surface area contributed by atoms with Crippen molar-refractivity contribution in [3.63, 3.8) is 0 Å². The third kappa shape index (κ3) is 2.86. The minimum atomic E-state index is -0.0560. The molecular formula is C14H15BrN2O3. The molecule has 2 rings (SSSR count). The van der Waals surface area contributed by atoms with E-state index in [2.05, 4.69) is 20.9 Å². The standard InChI is InChI=1S/C14H15BrN2O3/c1-8-10(16)6-17-14(13(8)15)20-11-4-3-9(7-18)5-12(11)19-2/h3-6,18H,7,16H2,1-2H3. The van der Waals surface area contributed by atoms with Crippen LogP contribution in [0, 0.1) is 6.92 Å². The fourth-order valence-corrected chi connectivity index (χ4v) is 2.05. The average molecular weight is 339 g/mol. The molecule has 0 aliphatic rings. The van der Waals surface area contributed by atoms with Crippen molar-refractivity contribution in [3.8, 4) is 17.4 Å². The van der Waals surface area contributed by atoms with Crippen molar-refractivity contribution in [2.45, 2.75) is 13.5 Å². The monoisotopic (exact) mass is 338 g/mol. The number of pyridine rings is 1. The molecule has 0 aliphatic carbocycles. The van der Waals surface area contributed by atoms with Crippen molar-refractivity contribution in [2.75, 3.05) is 12.8 Å². The van der Waals surface area contributed by atoms with Gasteiger partial charge in [0.15, 0.2) is 11.5 Å². The summed E-state index contributed by atoms with van der Waals surface area (Å²) in [4.78, 5) is 4.15. The Morgan fingerprint density at radius 3 is 2.75 bits per heavy atom. The number of nitrogens with zero attached hydrogens (tertiary/aromatic N) is 1. The predicted molar refractivity (Wildman–Crippen MR) is 80.1 cm³/mol. The van der Waals surface area contributed by atoms with Crippen LogP contribution in [0.5, 0.6) is 17.4 Å². The molecule has 3 N–H and O–H groups in total. The van der Waals surface area contributed by atoms with Crippen molar-refractivity contribution in [1.29, 1.82) is 0 Å². The summed E-state index contributed by atoms with van der Waals surface area (Å²) < 4.78 is 11.7. The number of hydrogen-bond acceptors (Lipinski definition) is 5. The predicted octanol–water partition coefficient (Wildman–Crippen LogP) is 3.03. The van der Waals surface area contributed by atoms with E-state index in [0.717, 1.165) is 11.1 Å². The topological polar surface area (TPSA) is 77.6 Å². The maximum absolute atomic E-state index is 9.12. The summed E-state index contributed by atoms with van der Waals surface area (Å²) in [5.74, 6) is 1.45. The van der Waals surface area contributed by atoms with Crippen molar-refractivity contribution < 1.29 is 14.6 Å². The lowest BCUT2D eigenvalue weighted by Gasteiger charge is -2.13. The van der Waals surface area contributed by atoms with Gasteiger partial charge in [-0.2, -0.15) is 0 Å². The van der Waals surface area contributed by atoms with Crippen LogP contribution < -0.4 is 15.2 Å². The highest BCUT2D eigenvalue weighted by atomic mass is 79.9. The van der Waals surface area contributed by atoms with E-state index >= 15 is 0 Å². The largest absolute Gasteiger partial charge is 0.493 e. The quantitative estimate of drug-likeness (QED) is 0.895. The molecule has 0 radical (unpaired) electrons. The average Bonchev–Trinajstić information content (AvgIpc) is 2.48. The van der Waals surface area contributed by atoms with Crippen LogP contribution in [0.2, 0.25) is 0 Å². The van der Waals surface area contributed by atoms with E-state index in [1.807, 2.05) is 6.92 Å². The van der Waals surface area contributed by atoms with Crippen LogP contribution in [0.25, 0.3) is 0 Å². The lowest BCUT2D eigenvalue weighted by Crippen LogP contribution is -1.98. The molecule has 0 aliphatic heterocycles. The smallest absolute Gasteiger partial charge is 0.234 e. The molecule has 5 nitrogen and oxygen atoms in total. The van der Waals surface area contributed by atoms with Gasteiger partial charge >= 0.3 is 0 Å². The Bertz CT molecular complexity index is 632. The highest BCUT2D eigenvalue weighted by molar-refractivity contribution is 9.10. The van der Waals surface area contributed by atoms with Crippen LogP contribution in [0.15, 0.2) is 28.9 Å².